The smallest absolute Gasteiger partial charge is 0.550 e. The van der Waals surface area contributed by atoms with E-state index in [-0.39, 0.29) is 22.4 Å². The topological polar surface area (TPSA) is 40.1 Å². The van der Waals surface area contributed by atoms with Gasteiger partial charge in [0.15, 0.2) is 0 Å². The van der Waals surface area contributed by atoms with Crippen molar-refractivity contribution in [1.29, 1.82) is 0 Å². The van der Waals surface area contributed by atoms with Crippen LogP contribution in [0.25, 0.3) is 10.8 Å². The standard InChI is InChI=1S/C10H8.C2H4O2.Ag/c1-2-6-10-8-4-3-7-9(10)5-1;1-2(3)4;/h1-8H;1H3,(H,3,4);/q;;+1/p-1. The average molecular weight is 295 g/mol. The zero-order valence-corrected chi connectivity index (χ0v) is 9.72. The van der Waals surface area contributed by atoms with Crippen LogP contribution in [-0.4, -0.2) is 5.97 Å². The fourth-order valence-electron chi connectivity index (χ4n) is 1.13. The summed E-state index contributed by atoms with van der Waals surface area (Å²) in [5, 5.41) is 11.5. The monoisotopic (exact) mass is 294 g/mol. The summed E-state index contributed by atoms with van der Waals surface area (Å²) in [6, 6.07) is 16.7. The van der Waals surface area contributed by atoms with Gasteiger partial charge in [0.05, 0.1) is 0 Å². The average Bonchev–Trinajstić information content (AvgIpc) is 2.17. The first-order chi connectivity index (χ1) is 6.70. The molecule has 15 heavy (non-hydrogen) atoms. The minimum absolute atomic E-state index is 0. The fourth-order valence-corrected chi connectivity index (χ4v) is 1.13. The maximum Gasteiger partial charge on any atom is 1.00 e. The summed E-state index contributed by atoms with van der Waals surface area (Å²) in [5.74, 6) is -1.08. The molecule has 0 amide bonds. The summed E-state index contributed by atoms with van der Waals surface area (Å²) in [6.45, 7) is 0.972. The summed E-state index contributed by atoms with van der Waals surface area (Å²) < 4.78 is 0. The molecule has 0 bridgehead atoms. The first-order valence-electron chi connectivity index (χ1n) is 4.31. The van der Waals surface area contributed by atoms with Crippen LogP contribution < -0.4 is 5.11 Å². The van der Waals surface area contributed by atoms with Crippen LogP contribution in [0.5, 0.6) is 0 Å². The van der Waals surface area contributed by atoms with Gasteiger partial charge in [-0.05, 0) is 17.7 Å². The van der Waals surface area contributed by atoms with Gasteiger partial charge in [-0.15, -0.1) is 0 Å². The van der Waals surface area contributed by atoms with Crippen molar-refractivity contribution in [2.45, 2.75) is 6.92 Å². The Bertz CT molecular complexity index is 357. The summed E-state index contributed by atoms with van der Waals surface area (Å²) >= 11 is 0. The molecule has 2 nitrogen and oxygen atoms in total. The molecule has 0 aromatic heterocycles. The Labute approximate surface area is 104 Å². The van der Waals surface area contributed by atoms with E-state index in [4.69, 9.17) is 9.90 Å². The maximum atomic E-state index is 8.89. The SMILES string of the molecule is CC(=O)[O-].[Ag+].c1ccc2ccccc2c1. The van der Waals surface area contributed by atoms with Gasteiger partial charge in [-0.1, -0.05) is 48.5 Å². The number of hydrogen-bond donors (Lipinski definition) is 0. The summed E-state index contributed by atoms with van der Waals surface area (Å²) in [6.07, 6.45) is 0. The molecule has 0 atom stereocenters. The largest absolute Gasteiger partial charge is 1.00 e. The van der Waals surface area contributed by atoms with Crippen LogP contribution in [-0.2, 0) is 27.2 Å². The molecule has 2 aromatic rings. The van der Waals surface area contributed by atoms with Crippen LogP contribution in [0.3, 0.4) is 0 Å². The van der Waals surface area contributed by atoms with Gasteiger partial charge in [0, 0.05) is 5.97 Å². The van der Waals surface area contributed by atoms with Crippen molar-refractivity contribution in [2.24, 2.45) is 0 Å². The van der Waals surface area contributed by atoms with Gasteiger partial charge >= 0.3 is 22.4 Å². The van der Waals surface area contributed by atoms with Crippen molar-refractivity contribution >= 4 is 16.7 Å². The van der Waals surface area contributed by atoms with Gasteiger partial charge in [0.2, 0.25) is 0 Å². The van der Waals surface area contributed by atoms with E-state index in [0.717, 1.165) is 6.92 Å². The summed E-state index contributed by atoms with van der Waals surface area (Å²) in [5.41, 5.74) is 0. The summed E-state index contributed by atoms with van der Waals surface area (Å²) in [4.78, 5) is 8.89. The first kappa shape index (κ1) is 13.9. The second kappa shape index (κ2) is 7.23. The number of fused-ring (bicyclic) bond motifs is 1. The molecule has 0 saturated carbocycles. The number of carbonyl (C=O) groups excluding carboxylic acids is 1. The van der Waals surface area contributed by atoms with Crippen molar-refractivity contribution in [2.75, 3.05) is 0 Å². The number of aliphatic carboxylic acids is 1. The van der Waals surface area contributed by atoms with Crippen molar-refractivity contribution in [3.63, 3.8) is 0 Å². The van der Waals surface area contributed by atoms with Gasteiger partial charge in [0.25, 0.3) is 0 Å². The van der Waals surface area contributed by atoms with Crippen LogP contribution in [0.1, 0.15) is 6.92 Å². The molecule has 82 valence electrons. The number of carboxylic acid groups (broad SMARTS) is 1. The third-order valence-corrected chi connectivity index (χ3v) is 1.66. The van der Waals surface area contributed by atoms with Crippen LogP contribution in [0.2, 0.25) is 0 Å². The minimum atomic E-state index is -1.08. The van der Waals surface area contributed by atoms with Crippen molar-refractivity contribution in [3.8, 4) is 0 Å². The molecule has 0 radical (unpaired) electrons. The quantitative estimate of drug-likeness (QED) is 0.693. The molecule has 0 saturated heterocycles. The molecule has 0 unspecified atom stereocenters. The van der Waals surface area contributed by atoms with Gasteiger partial charge in [-0.2, -0.15) is 0 Å². The van der Waals surface area contributed by atoms with Gasteiger partial charge in [0.1, 0.15) is 0 Å². The van der Waals surface area contributed by atoms with Crippen LogP contribution in [0.15, 0.2) is 48.5 Å². The van der Waals surface area contributed by atoms with E-state index in [1.54, 1.807) is 0 Å². The first-order valence-corrected chi connectivity index (χ1v) is 4.31. The number of benzene rings is 2. The second-order valence-corrected chi connectivity index (χ2v) is 2.84. The molecule has 0 aliphatic rings. The number of rotatable bonds is 0. The number of hydrogen-bond acceptors (Lipinski definition) is 2. The zero-order chi connectivity index (χ0) is 10.4. The third-order valence-electron chi connectivity index (χ3n) is 1.66. The van der Waals surface area contributed by atoms with Crippen LogP contribution in [0.4, 0.5) is 0 Å². The predicted molar refractivity (Wildman–Crippen MR) is 54.6 cm³/mol. The van der Waals surface area contributed by atoms with E-state index in [0.29, 0.717) is 0 Å². The van der Waals surface area contributed by atoms with Crippen molar-refractivity contribution in [1.82, 2.24) is 0 Å². The molecule has 0 aliphatic heterocycles. The molecule has 0 aliphatic carbocycles. The summed E-state index contributed by atoms with van der Waals surface area (Å²) in [7, 11) is 0. The predicted octanol–water partition coefficient (Wildman–Crippen LogP) is 1.59. The molecule has 0 N–H and O–H groups in total. The Morgan fingerprint density at radius 2 is 1.13 bits per heavy atom. The molecule has 3 heteroatoms. The molecule has 2 rings (SSSR count). The molecule has 0 heterocycles. The van der Waals surface area contributed by atoms with E-state index >= 15 is 0 Å². The number of carboxylic acids is 1. The zero-order valence-electron chi connectivity index (χ0n) is 8.24. The van der Waals surface area contributed by atoms with E-state index in [1.165, 1.54) is 10.8 Å². The van der Waals surface area contributed by atoms with E-state index in [2.05, 4.69) is 48.5 Å². The minimum Gasteiger partial charge on any atom is -0.550 e. The normalized spacial score (nSPS) is 8.33. The van der Waals surface area contributed by atoms with E-state index in [9.17, 15) is 0 Å². The van der Waals surface area contributed by atoms with Gasteiger partial charge < -0.3 is 9.90 Å². The Kier molecular flexibility index (Phi) is 6.71. The van der Waals surface area contributed by atoms with Gasteiger partial charge in [-0.3, -0.25) is 0 Å². The second-order valence-electron chi connectivity index (χ2n) is 2.84. The van der Waals surface area contributed by atoms with Gasteiger partial charge in [-0.25, -0.2) is 0 Å². The van der Waals surface area contributed by atoms with Crippen LogP contribution in [0, 0.1) is 0 Å². The van der Waals surface area contributed by atoms with Crippen molar-refractivity contribution < 1.29 is 32.3 Å². The molecule has 0 fully saturated rings. The third kappa shape index (κ3) is 5.37. The Hall–Kier alpha value is -1.09. The Balaban J connectivity index is 0.000000346. The molecular formula is C12H11AgO2. The maximum absolute atomic E-state index is 8.89. The number of carbonyl (C=O) groups is 1. The fraction of sp³-hybridized carbons (Fsp3) is 0.0833. The van der Waals surface area contributed by atoms with E-state index in [1.807, 2.05) is 0 Å². The Morgan fingerprint density at radius 1 is 0.933 bits per heavy atom. The van der Waals surface area contributed by atoms with Crippen LogP contribution >= 0.6 is 0 Å². The molecular weight excluding hydrogens is 284 g/mol. The van der Waals surface area contributed by atoms with E-state index < -0.39 is 5.97 Å². The Morgan fingerprint density at radius 3 is 1.33 bits per heavy atom. The van der Waals surface area contributed by atoms with Crippen molar-refractivity contribution in [3.05, 3.63) is 48.5 Å². The molecule has 0 spiro atoms. The molecule has 2 aromatic carbocycles.